The lowest BCUT2D eigenvalue weighted by molar-refractivity contribution is 0.0101. The maximum absolute atomic E-state index is 5.73. The molecule has 27 heavy (non-hydrogen) atoms. The second kappa shape index (κ2) is 7.90. The van der Waals surface area contributed by atoms with Crippen molar-refractivity contribution in [2.24, 2.45) is 5.16 Å². The zero-order chi connectivity index (χ0) is 18.5. The van der Waals surface area contributed by atoms with Crippen molar-refractivity contribution in [2.75, 3.05) is 13.7 Å². The van der Waals surface area contributed by atoms with Crippen LogP contribution in [0.25, 0.3) is 11.4 Å². The first kappa shape index (κ1) is 17.1. The van der Waals surface area contributed by atoms with E-state index < -0.39 is 0 Å². The topological polar surface area (TPSA) is 70.8 Å². The van der Waals surface area contributed by atoms with Gasteiger partial charge in [-0.2, -0.15) is 0 Å². The van der Waals surface area contributed by atoms with E-state index in [0.717, 1.165) is 35.7 Å². The van der Waals surface area contributed by atoms with E-state index in [2.05, 4.69) is 15.2 Å². The molecule has 2 aromatic carbocycles. The van der Waals surface area contributed by atoms with Crippen LogP contribution in [0.4, 0.5) is 0 Å². The molecule has 1 aromatic heterocycles. The van der Waals surface area contributed by atoms with E-state index in [9.17, 15) is 0 Å². The van der Waals surface area contributed by atoms with Crippen LogP contribution in [0.15, 0.2) is 66.1 Å². The average molecular weight is 364 g/mol. The molecule has 0 bridgehead atoms. The molecular weight excluding hydrogens is 344 g/mol. The molecule has 1 aliphatic rings. The van der Waals surface area contributed by atoms with Crippen molar-refractivity contribution >= 4 is 5.84 Å². The maximum Gasteiger partial charge on any atom is 0.181 e. The van der Waals surface area contributed by atoms with Crippen LogP contribution >= 0.6 is 0 Å². The number of para-hydroxylation sites is 1. The van der Waals surface area contributed by atoms with E-state index in [0.29, 0.717) is 12.4 Å². The molecule has 1 unspecified atom stereocenters. The van der Waals surface area contributed by atoms with Crippen LogP contribution in [0.3, 0.4) is 0 Å². The molecule has 7 heteroatoms. The number of nitrogens with zero attached hydrogens (tertiary/aromatic N) is 4. The fourth-order valence-electron chi connectivity index (χ4n) is 2.76. The number of aromatic nitrogens is 3. The first-order chi connectivity index (χ1) is 13.3. The number of hydrogen-bond acceptors (Lipinski definition) is 6. The Balaban J connectivity index is 1.37. The minimum absolute atomic E-state index is 0.0708. The van der Waals surface area contributed by atoms with Gasteiger partial charge in [0, 0.05) is 12.0 Å². The first-order valence-corrected chi connectivity index (χ1v) is 8.79. The van der Waals surface area contributed by atoms with Gasteiger partial charge < -0.3 is 14.3 Å². The lowest BCUT2D eigenvalue weighted by Crippen LogP contribution is -2.28. The quantitative estimate of drug-likeness (QED) is 0.694. The molecule has 7 nitrogen and oxygen atoms in total. The maximum atomic E-state index is 5.73. The third-order valence-electron chi connectivity index (χ3n) is 4.28. The standard InChI is InChI=1S/C20H20N4O3/c1-25-16-9-7-15(8-10-16)20-21-14-24(22-20)19-12-11-18(27-23-19)13-26-17-5-3-2-4-6-17/h2-10,14,18H,11-13H2,1H3. The monoisotopic (exact) mass is 364 g/mol. The van der Waals surface area contributed by atoms with Crippen molar-refractivity contribution in [3.8, 4) is 22.9 Å². The number of rotatable bonds is 5. The second-order valence-corrected chi connectivity index (χ2v) is 6.14. The van der Waals surface area contributed by atoms with Crippen molar-refractivity contribution in [1.82, 2.24) is 14.8 Å². The van der Waals surface area contributed by atoms with E-state index in [1.54, 1.807) is 18.1 Å². The van der Waals surface area contributed by atoms with Gasteiger partial charge in [-0.1, -0.05) is 23.4 Å². The van der Waals surface area contributed by atoms with Crippen LogP contribution in [-0.2, 0) is 4.84 Å². The van der Waals surface area contributed by atoms with E-state index in [1.165, 1.54) is 0 Å². The highest BCUT2D eigenvalue weighted by Gasteiger charge is 2.20. The summed E-state index contributed by atoms with van der Waals surface area (Å²) >= 11 is 0. The molecular formula is C20H20N4O3. The number of hydrogen-bond donors (Lipinski definition) is 0. The molecule has 3 aromatic rings. The van der Waals surface area contributed by atoms with Gasteiger partial charge in [0.05, 0.1) is 7.11 Å². The number of methoxy groups -OCH3 is 1. The highest BCUT2D eigenvalue weighted by molar-refractivity contribution is 5.83. The Morgan fingerprint density at radius 3 is 2.59 bits per heavy atom. The molecule has 0 aliphatic carbocycles. The zero-order valence-corrected chi connectivity index (χ0v) is 15.0. The van der Waals surface area contributed by atoms with Crippen molar-refractivity contribution < 1.29 is 14.3 Å². The summed E-state index contributed by atoms with van der Waals surface area (Å²) in [6.07, 6.45) is 3.14. The smallest absolute Gasteiger partial charge is 0.181 e. The summed E-state index contributed by atoms with van der Waals surface area (Å²) in [6, 6.07) is 17.3. The molecule has 4 rings (SSSR count). The Morgan fingerprint density at radius 1 is 1.07 bits per heavy atom. The largest absolute Gasteiger partial charge is 0.497 e. The molecule has 0 fully saturated rings. The minimum Gasteiger partial charge on any atom is -0.497 e. The van der Waals surface area contributed by atoms with Gasteiger partial charge in [-0.15, -0.1) is 5.10 Å². The summed E-state index contributed by atoms with van der Waals surface area (Å²) in [5.74, 6) is 3.00. The Labute approximate surface area is 157 Å². The fourth-order valence-corrected chi connectivity index (χ4v) is 2.76. The van der Waals surface area contributed by atoms with Crippen LogP contribution in [-0.4, -0.2) is 40.4 Å². The van der Waals surface area contributed by atoms with Crippen molar-refractivity contribution in [2.45, 2.75) is 18.9 Å². The minimum atomic E-state index is -0.0708. The van der Waals surface area contributed by atoms with Gasteiger partial charge in [0.15, 0.2) is 17.8 Å². The molecule has 2 heterocycles. The van der Waals surface area contributed by atoms with Gasteiger partial charge in [0.1, 0.15) is 24.4 Å². The van der Waals surface area contributed by atoms with Crippen molar-refractivity contribution in [1.29, 1.82) is 0 Å². The van der Waals surface area contributed by atoms with Crippen LogP contribution < -0.4 is 9.47 Å². The highest BCUT2D eigenvalue weighted by atomic mass is 16.7. The molecule has 0 spiro atoms. The fraction of sp³-hybridized carbons (Fsp3) is 0.250. The van der Waals surface area contributed by atoms with Crippen LogP contribution in [0.1, 0.15) is 12.8 Å². The summed E-state index contributed by atoms with van der Waals surface area (Å²) in [6.45, 7) is 0.468. The summed E-state index contributed by atoms with van der Waals surface area (Å²) in [7, 11) is 1.64. The Bertz CT molecular complexity index is 906. The van der Waals surface area contributed by atoms with Gasteiger partial charge in [0.2, 0.25) is 0 Å². The van der Waals surface area contributed by atoms with Gasteiger partial charge in [-0.05, 0) is 42.8 Å². The SMILES string of the molecule is COc1ccc(-c2ncn(C3=NOC(COc4ccccc4)CC3)n2)cc1. The Kier molecular flexibility index (Phi) is 5.00. The predicted molar refractivity (Wildman–Crippen MR) is 101 cm³/mol. The van der Waals surface area contributed by atoms with Gasteiger partial charge >= 0.3 is 0 Å². The summed E-state index contributed by atoms with van der Waals surface area (Å²) in [5, 5.41) is 8.71. The van der Waals surface area contributed by atoms with Crippen LogP contribution in [0.5, 0.6) is 11.5 Å². The van der Waals surface area contributed by atoms with Gasteiger partial charge in [-0.25, -0.2) is 9.67 Å². The highest BCUT2D eigenvalue weighted by Crippen LogP contribution is 2.20. The molecule has 1 atom stereocenters. The summed E-state index contributed by atoms with van der Waals surface area (Å²) < 4.78 is 12.6. The molecule has 0 saturated heterocycles. The number of oxime groups is 1. The molecule has 0 radical (unpaired) electrons. The summed E-state index contributed by atoms with van der Waals surface area (Å²) in [5.41, 5.74) is 0.918. The van der Waals surface area contributed by atoms with E-state index in [-0.39, 0.29) is 6.10 Å². The third kappa shape index (κ3) is 4.08. The molecule has 138 valence electrons. The number of benzene rings is 2. The lowest BCUT2D eigenvalue weighted by atomic mass is 10.2. The van der Waals surface area contributed by atoms with Crippen LogP contribution in [0.2, 0.25) is 0 Å². The van der Waals surface area contributed by atoms with Gasteiger partial charge in [-0.3, -0.25) is 0 Å². The van der Waals surface area contributed by atoms with E-state index in [4.69, 9.17) is 14.3 Å². The number of ether oxygens (including phenoxy) is 2. The summed E-state index contributed by atoms with van der Waals surface area (Å²) in [4.78, 5) is 9.93. The van der Waals surface area contributed by atoms with Crippen LogP contribution in [0, 0.1) is 0 Å². The van der Waals surface area contributed by atoms with Gasteiger partial charge in [0.25, 0.3) is 0 Å². The van der Waals surface area contributed by atoms with Crippen molar-refractivity contribution in [3.63, 3.8) is 0 Å². The van der Waals surface area contributed by atoms with E-state index >= 15 is 0 Å². The molecule has 0 amide bonds. The van der Waals surface area contributed by atoms with Crippen molar-refractivity contribution in [3.05, 3.63) is 60.9 Å². The lowest BCUT2D eigenvalue weighted by Gasteiger charge is -2.20. The zero-order valence-electron chi connectivity index (χ0n) is 15.0. The van der Waals surface area contributed by atoms with E-state index in [1.807, 2.05) is 54.6 Å². The molecule has 0 N–H and O–H groups in total. The molecule has 0 saturated carbocycles. The Morgan fingerprint density at radius 2 is 1.89 bits per heavy atom. The average Bonchev–Trinajstić information content (AvgIpc) is 3.24. The first-order valence-electron chi connectivity index (χ1n) is 8.79. The predicted octanol–water partition coefficient (Wildman–Crippen LogP) is 3.37. The normalized spacial score (nSPS) is 16.3. The third-order valence-corrected chi connectivity index (χ3v) is 4.28. The molecule has 1 aliphatic heterocycles. The Hall–Kier alpha value is -3.35. The second-order valence-electron chi connectivity index (χ2n) is 6.14.